The van der Waals surface area contributed by atoms with Gasteiger partial charge in [-0.1, -0.05) is 12.8 Å². The van der Waals surface area contributed by atoms with Crippen LogP contribution in [0, 0.1) is 5.92 Å². The molecule has 1 heterocycles. The van der Waals surface area contributed by atoms with E-state index in [4.69, 9.17) is 27.2 Å². The molecule has 1 aromatic heterocycles. The lowest BCUT2D eigenvalue weighted by Gasteiger charge is -2.09. The van der Waals surface area contributed by atoms with Crippen LogP contribution in [0.3, 0.4) is 0 Å². The Morgan fingerprint density at radius 1 is 1.03 bits per heavy atom. The lowest BCUT2D eigenvalue weighted by molar-refractivity contribution is -0.684. The summed E-state index contributed by atoms with van der Waals surface area (Å²) in [4.78, 5) is 12.8. The molecule has 200 valence electrons. The molecule has 1 aromatic carbocycles. The number of alkyl halides is 3. The third-order valence-corrected chi connectivity index (χ3v) is 6.55. The Hall–Kier alpha value is -2.86. The zero-order valence-electron chi connectivity index (χ0n) is 20.6. The molecule has 0 saturated carbocycles. The first-order valence-corrected chi connectivity index (χ1v) is 12.6. The summed E-state index contributed by atoms with van der Waals surface area (Å²) < 4.78 is 77.1. The summed E-state index contributed by atoms with van der Waals surface area (Å²) in [7, 11) is 0.864. The fourth-order valence-corrected chi connectivity index (χ4v) is 4.07. The monoisotopic (exact) mass is 533 g/mol. The quantitative estimate of drug-likeness (QED) is 0.209. The van der Waals surface area contributed by atoms with Crippen LogP contribution in [0.1, 0.15) is 47.3 Å². The summed E-state index contributed by atoms with van der Waals surface area (Å²) in [5.74, 6) is 2.52. The summed E-state index contributed by atoms with van der Waals surface area (Å²) >= 11 is 0. The Kier molecular flexibility index (Phi) is 10.1. The normalized spacial score (nSPS) is 15.1. The van der Waals surface area contributed by atoms with Crippen molar-refractivity contribution in [2.24, 2.45) is 13.0 Å². The molecule has 1 aliphatic carbocycles. The molecule has 1 unspecified atom stereocenters. The Balaban J connectivity index is 0.000000493. The molecular weight excluding hydrogens is 503 g/mol. The Labute approximate surface area is 208 Å². The highest BCUT2D eigenvalue weighted by atomic mass is 32.2. The second kappa shape index (κ2) is 12.4. The number of hydrogen-bond donors (Lipinski definition) is 0. The molecule has 36 heavy (non-hydrogen) atoms. The van der Waals surface area contributed by atoms with E-state index in [2.05, 4.69) is 10.6 Å². The number of ketones is 1. The topological polar surface area (TPSA) is 106 Å². The van der Waals surface area contributed by atoms with Crippen molar-refractivity contribution in [2.45, 2.75) is 44.0 Å². The highest BCUT2D eigenvalue weighted by Crippen LogP contribution is 2.38. The van der Waals surface area contributed by atoms with E-state index in [0.29, 0.717) is 11.5 Å². The number of methoxy groups -OCH3 is 3. The smallest absolute Gasteiger partial charge is 0.485 e. The van der Waals surface area contributed by atoms with Crippen molar-refractivity contribution in [2.75, 3.05) is 21.3 Å². The molecule has 0 bridgehead atoms. The number of halogens is 3. The number of rotatable bonds is 9. The van der Waals surface area contributed by atoms with Gasteiger partial charge in [0, 0.05) is 24.0 Å². The van der Waals surface area contributed by atoms with E-state index in [9.17, 15) is 18.0 Å². The summed E-state index contributed by atoms with van der Waals surface area (Å²) in [5.41, 5.74) is -2.50. The number of carbonyl (C=O) groups is 1. The summed E-state index contributed by atoms with van der Waals surface area (Å²) in [6, 6.07) is 9.93. The number of aryl methyl sites for hydroxylation is 1. The Morgan fingerprint density at radius 3 is 2.19 bits per heavy atom. The molecule has 8 nitrogen and oxygen atoms in total. The van der Waals surface area contributed by atoms with Gasteiger partial charge in [-0.2, -0.15) is 17.7 Å². The number of aromatic nitrogens is 1. The third-order valence-electron chi connectivity index (χ3n) is 5.98. The minimum atomic E-state index is -6.09. The van der Waals surface area contributed by atoms with Crippen LogP contribution in [-0.2, 0) is 30.0 Å². The van der Waals surface area contributed by atoms with Gasteiger partial charge in [0.1, 0.15) is 7.05 Å². The molecule has 1 atom stereocenters. The molecule has 3 rings (SSSR count). The number of unbranched alkanes of at least 4 members (excludes halogenated alkanes) is 2. The highest BCUT2D eigenvalue weighted by molar-refractivity contribution is 7.86. The lowest BCUT2D eigenvalue weighted by atomic mass is 9.97. The minimum Gasteiger partial charge on any atom is -0.741 e. The Bertz CT molecular complexity index is 1170. The fourth-order valence-electron chi connectivity index (χ4n) is 4.07. The van der Waals surface area contributed by atoms with Crippen molar-refractivity contribution >= 4 is 15.9 Å². The molecule has 0 amide bonds. The zero-order chi connectivity index (χ0) is 27.1. The predicted molar refractivity (Wildman–Crippen MR) is 123 cm³/mol. The molecule has 0 N–H and O–H groups in total. The van der Waals surface area contributed by atoms with Gasteiger partial charge in [0.25, 0.3) is 0 Å². The van der Waals surface area contributed by atoms with Crippen LogP contribution < -0.4 is 18.8 Å². The summed E-state index contributed by atoms with van der Waals surface area (Å²) in [6.45, 7) is 0. The van der Waals surface area contributed by atoms with Gasteiger partial charge in [-0.15, -0.1) is 0 Å². The minimum absolute atomic E-state index is 0.0831. The second-order valence-corrected chi connectivity index (χ2v) is 9.62. The SMILES string of the molecule is COc1cc2c(cc1OC)C(=O)C(CCCCCc1cccc(OC)[n+]1C)C2.O=S(=O)([O-])C(F)(F)F. The van der Waals surface area contributed by atoms with E-state index >= 15 is 0 Å². The van der Waals surface area contributed by atoms with Gasteiger partial charge in [0.05, 0.1) is 27.4 Å². The zero-order valence-corrected chi connectivity index (χ0v) is 21.4. The van der Waals surface area contributed by atoms with Gasteiger partial charge in [-0.25, -0.2) is 8.42 Å². The average Bonchev–Trinajstić information content (AvgIpc) is 3.12. The number of ether oxygens (including phenoxy) is 3. The predicted octanol–water partition coefficient (Wildman–Crippen LogP) is 3.75. The van der Waals surface area contributed by atoms with Gasteiger partial charge in [-0.05, 0) is 43.0 Å². The number of Topliss-reactive ketones (excluding diaryl/α,β-unsaturated/α-hetero) is 1. The first kappa shape index (κ1) is 29.4. The molecule has 0 radical (unpaired) electrons. The van der Waals surface area contributed by atoms with E-state index in [0.717, 1.165) is 55.5 Å². The van der Waals surface area contributed by atoms with Gasteiger partial charge in [-0.3, -0.25) is 4.79 Å². The van der Waals surface area contributed by atoms with Crippen molar-refractivity contribution in [1.82, 2.24) is 0 Å². The molecule has 0 aliphatic heterocycles. The average molecular weight is 534 g/mol. The van der Waals surface area contributed by atoms with E-state index in [1.807, 2.05) is 31.3 Å². The van der Waals surface area contributed by atoms with Crippen LogP contribution in [0.25, 0.3) is 0 Å². The van der Waals surface area contributed by atoms with Gasteiger partial charge in [0.15, 0.2) is 33.1 Å². The van der Waals surface area contributed by atoms with Crippen LogP contribution in [0.2, 0.25) is 0 Å². The lowest BCUT2D eigenvalue weighted by Crippen LogP contribution is -2.35. The molecular formula is C24H30F3NO7S. The van der Waals surface area contributed by atoms with Crippen molar-refractivity contribution in [3.63, 3.8) is 0 Å². The number of pyridine rings is 1. The number of carbonyl (C=O) groups excluding carboxylic acids is 1. The Morgan fingerprint density at radius 2 is 1.64 bits per heavy atom. The molecule has 1 aliphatic rings. The van der Waals surface area contributed by atoms with Gasteiger partial charge in [0.2, 0.25) is 0 Å². The molecule has 12 heteroatoms. The van der Waals surface area contributed by atoms with Crippen molar-refractivity contribution in [3.8, 4) is 17.4 Å². The highest BCUT2D eigenvalue weighted by Gasteiger charge is 2.37. The van der Waals surface area contributed by atoms with Crippen LogP contribution in [0.4, 0.5) is 13.2 Å². The van der Waals surface area contributed by atoms with Crippen molar-refractivity contribution < 1.29 is 49.7 Å². The van der Waals surface area contributed by atoms with Crippen LogP contribution in [0.5, 0.6) is 17.4 Å². The van der Waals surface area contributed by atoms with Crippen molar-refractivity contribution in [3.05, 3.63) is 47.2 Å². The van der Waals surface area contributed by atoms with Crippen LogP contribution >= 0.6 is 0 Å². The van der Waals surface area contributed by atoms with Crippen molar-refractivity contribution in [1.29, 1.82) is 0 Å². The molecule has 0 spiro atoms. The third kappa shape index (κ3) is 7.33. The fraction of sp³-hybridized carbons (Fsp3) is 0.500. The van der Waals surface area contributed by atoms with E-state index < -0.39 is 15.6 Å². The van der Waals surface area contributed by atoms with Crippen LogP contribution in [0.15, 0.2) is 30.3 Å². The largest absolute Gasteiger partial charge is 0.741 e. The molecule has 2 aromatic rings. The maximum Gasteiger partial charge on any atom is 0.485 e. The maximum absolute atomic E-state index is 12.8. The summed E-state index contributed by atoms with van der Waals surface area (Å²) in [5, 5.41) is 0. The molecule has 0 fully saturated rings. The first-order chi connectivity index (χ1) is 16.8. The number of nitrogens with zero attached hydrogens (tertiary/aromatic N) is 1. The van der Waals surface area contributed by atoms with Gasteiger partial charge < -0.3 is 18.8 Å². The van der Waals surface area contributed by atoms with E-state index in [1.54, 1.807) is 21.3 Å². The number of fused-ring (bicyclic) bond motifs is 1. The second-order valence-electron chi connectivity index (χ2n) is 8.25. The van der Waals surface area contributed by atoms with E-state index in [1.165, 1.54) is 5.69 Å². The number of benzene rings is 1. The maximum atomic E-state index is 12.8. The first-order valence-electron chi connectivity index (χ1n) is 11.2. The van der Waals surface area contributed by atoms with Crippen LogP contribution in [-0.4, -0.2) is 45.6 Å². The standard InChI is InChI=1S/C23H30NO4.CHF3O3S/c1-24-18(11-8-12-22(24)28-4)10-7-5-6-9-16-13-17-14-20(26-2)21(27-3)15-19(17)23(16)25;2-1(3,4)8(5,6)7/h8,11-12,14-16H,5-7,9-10,13H2,1-4H3;(H,5,6,7)/q+1;/p-1. The molecule has 0 saturated heterocycles. The van der Waals surface area contributed by atoms with Gasteiger partial charge >= 0.3 is 11.4 Å². The summed E-state index contributed by atoms with van der Waals surface area (Å²) in [6.07, 6.45) is 6.04. The van der Waals surface area contributed by atoms with E-state index in [-0.39, 0.29) is 11.7 Å². The number of hydrogen-bond acceptors (Lipinski definition) is 7.